The van der Waals surface area contributed by atoms with Crippen LogP contribution in [0, 0.1) is 0 Å². The summed E-state index contributed by atoms with van der Waals surface area (Å²) in [7, 11) is 0. The van der Waals surface area contributed by atoms with E-state index >= 15 is 0 Å². The van der Waals surface area contributed by atoms with Gasteiger partial charge in [-0.1, -0.05) is 0 Å². The monoisotopic (exact) mass is 145 g/mol. The summed E-state index contributed by atoms with van der Waals surface area (Å²) in [6, 6.07) is 1.32. The molecule has 0 aliphatic carbocycles. The Labute approximate surface area is 56.1 Å². The Hall–Kier alpha value is -1.11. The molecule has 1 aromatic heterocycles. The highest BCUT2D eigenvalue weighted by Crippen LogP contribution is 2.04. The number of anilines is 1. The lowest BCUT2D eigenvalue weighted by Gasteiger charge is -2.12. The molecule has 10 heavy (non-hydrogen) atoms. The van der Waals surface area contributed by atoms with Crippen LogP contribution in [0.1, 0.15) is 0 Å². The fourth-order valence-corrected chi connectivity index (χ4v) is 0.505. The van der Waals surface area contributed by atoms with Crippen molar-refractivity contribution in [2.45, 2.75) is 6.10 Å². The van der Waals surface area contributed by atoms with Gasteiger partial charge in [-0.25, -0.2) is 0 Å². The molecule has 6 heteroatoms. The SMILES string of the molecule is Nc1ccn(C(O)(O)O)n1. The van der Waals surface area contributed by atoms with E-state index in [-0.39, 0.29) is 5.82 Å². The van der Waals surface area contributed by atoms with E-state index < -0.39 is 6.10 Å². The average Bonchev–Trinajstić information content (AvgIpc) is 2.11. The molecule has 0 bridgehead atoms. The zero-order chi connectivity index (χ0) is 7.78. The highest BCUT2D eigenvalue weighted by Gasteiger charge is 2.21. The second-order valence-corrected chi connectivity index (χ2v) is 1.79. The molecular formula is C4H7N3O3. The Morgan fingerprint density at radius 3 is 2.30 bits per heavy atom. The fraction of sp³-hybridized carbons (Fsp3) is 0.250. The Balaban J connectivity index is 2.96. The number of rotatable bonds is 1. The largest absolute Gasteiger partial charge is 0.389 e. The van der Waals surface area contributed by atoms with E-state index in [1.165, 1.54) is 6.07 Å². The van der Waals surface area contributed by atoms with Crippen molar-refractivity contribution in [2.24, 2.45) is 0 Å². The van der Waals surface area contributed by atoms with Crippen LogP contribution < -0.4 is 5.73 Å². The third-order valence-corrected chi connectivity index (χ3v) is 0.917. The van der Waals surface area contributed by atoms with E-state index in [0.717, 1.165) is 6.20 Å². The van der Waals surface area contributed by atoms with Gasteiger partial charge in [0.2, 0.25) is 0 Å². The second kappa shape index (κ2) is 1.94. The predicted molar refractivity (Wildman–Crippen MR) is 31.3 cm³/mol. The van der Waals surface area contributed by atoms with Crippen molar-refractivity contribution < 1.29 is 15.3 Å². The number of nitrogens with two attached hydrogens (primary N) is 1. The molecule has 0 saturated carbocycles. The summed E-state index contributed by atoms with van der Waals surface area (Å²) < 4.78 is 0.516. The fourth-order valence-electron chi connectivity index (χ4n) is 0.505. The molecule has 0 aromatic carbocycles. The second-order valence-electron chi connectivity index (χ2n) is 1.79. The standard InChI is InChI=1S/C4H7N3O3/c5-3-1-2-7(6-3)4(8,9)10/h1-2,8-10H,(H2,5,6). The van der Waals surface area contributed by atoms with E-state index in [4.69, 9.17) is 21.1 Å². The topological polar surface area (TPSA) is 105 Å². The predicted octanol–water partition coefficient (Wildman–Crippen LogP) is -1.99. The molecule has 0 atom stereocenters. The van der Waals surface area contributed by atoms with Crippen LogP contribution in [0.2, 0.25) is 0 Å². The van der Waals surface area contributed by atoms with E-state index in [2.05, 4.69) is 5.10 Å². The first kappa shape index (κ1) is 7.00. The molecule has 0 radical (unpaired) electrons. The van der Waals surface area contributed by atoms with Gasteiger partial charge in [-0.05, 0) is 0 Å². The van der Waals surface area contributed by atoms with Crippen LogP contribution >= 0.6 is 0 Å². The van der Waals surface area contributed by atoms with Gasteiger partial charge < -0.3 is 21.1 Å². The third kappa shape index (κ3) is 1.24. The Morgan fingerprint density at radius 2 is 2.10 bits per heavy atom. The minimum absolute atomic E-state index is 0.0986. The van der Waals surface area contributed by atoms with Gasteiger partial charge in [-0.15, -0.1) is 5.10 Å². The van der Waals surface area contributed by atoms with Crippen molar-refractivity contribution in [1.29, 1.82) is 0 Å². The zero-order valence-corrected chi connectivity index (χ0v) is 4.97. The maximum Gasteiger partial charge on any atom is 0.389 e. The molecule has 0 saturated heterocycles. The molecule has 0 amide bonds. The van der Waals surface area contributed by atoms with Crippen LogP contribution in [0.15, 0.2) is 12.3 Å². The lowest BCUT2D eigenvalue weighted by atomic mass is 10.7. The molecule has 1 heterocycles. The molecule has 0 unspecified atom stereocenters. The number of hydrogen-bond acceptors (Lipinski definition) is 5. The first-order valence-electron chi connectivity index (χ1n) is 2.49. The van der Waals surface area contributed by atoms with Gasteiger partial charge in [0.25, 0.3) is 0 Å². The number of nitrogens with zero attached hydrogens (tertiary/aromatic N) is 2. The molecule has 0 fully saturated rings. The van der Waals surface area contributed by atoms with Crippen LogP contribution in [0.25, 0.3) is 0 Å². The van der Waals surface area contributed by atoms with Crippen LogP contribution in [-0.2, 0) is 6.10 Å². The summed E-state index contributed by atoms with van der Waals surface area (Å²) >= 11 is 0. The lowest BCUT2D eigenvalue weighted by Crippen LogP contribution is -2.32. The Kier molecular flexibility index (Phi) is 1.36. The Bertz CT molecular complexity index is 226. The summed E-state index contributed by atoms with van der Waals surface area (Å²) in [6.45, 7) is 0. The molecule has 1 rings (SSSR count). The van der Waals surface area contributed by atoms with Gasteiger partial charge in [0.15, 0.2) is 0 Å². The van der Waals surface area contributed by atoms with Crippen LogP contribution in [0.4, 0.5) is 5.82 Å². The molecule has 56 valence electrons. The van der Waals surface area contributed by atoms with Crippen molar-refractivity contribution in [3.8, 4) is 0 Å². The first-order valence-corrected chi connectivity index (χ1v) is 2.49. The van der Waals surface area contributed by atoms with Gasteiger partial charge in [-0.2, -0.15) is 4.68 Å². The minimum Gasteiger partial charge on any atom is -0.382 e. The average molecular weight is 145 g/mol. The number of nitrogen functional groups attached to an aromatic ring is 1. The number of aliphatic hydroxyl groups is 3. The van der Waals surface area contributed by atoms with E-state index in [1.807, 2.05) is 0 Å². The Morgan fingerprint density at radius 1 is 1.50 bits per heavy atom. The van der Waals surface area contributed by atoms with Gasteiger partial charge in [-0.3, -0.25) is 0 Å². The van der Waals surface area contributed by atoms with Crippen LogP contribution in [0.5, 0.6) is 0 Å². The zero-order valence-electron chi connectivity index (χ0n) is 4.97. The summed E-state index contributed by atoms with van der Waals surface area (Å²) in [5.74, 6) is 0.0986. The number of aromatic nitrogens is 2. The van der Waals surface area contributed by atoms with Crippen molar-refractivity contribution in [3.63, 3.8) is 0 Å². The lowest BCUT2D eigenvalue weighted by molar-refractivity contribution is -0.380. The van der Waals surface area contributed by atoms with Gasteiger partial charge in [0.1, 0.15) is 5.82 Å². The maximum absolute atomic E-state index is 8.46. The molecule has 6 nitrogen and oxygen atoms in total. The molecular weight excluding hydrogens is 138 g/mol. The molecule has 5 N–H and O–H groups in total. The summed E-state index contributed by atoms with van der Waals surface area (Å²) in [5.41, 5.74) is 5.11. The van der Waals surface area contributed by atoms with E-state index in [0.29, 0.717) is 4.68 Å². The van der Waals surface area contributed by atoms with Crippen molar-refractivity contribution in [2.75, 3.05) is 5.73 Å². The number of hydrogen-bond donors (Lipinski definition) is 4. The van der Waals surface area contributed by atoms with Crippen LogP contribution in [-0.4, -0.2) is 25.1 Å². The van der Waals surface area contributed by atoms with E-state index in [9.17, 15) is 0 Å². The third-order valence-electron chi connectivity index (χ3n) is 0.917. The first-order chi connectivity index (χ1) is 4.50. The van der Waals surface area contributed by atoms with Crippen molar-refractivity contribution in [1.82, 2.24) is 9.78 Å². The highest BCUT2D eigenvalue weighted by molar-refractivity contribution is 5.23. The minimum atomic E-state index is -2.96. The van der Waals surface area contributed by atoms with Crippen LogP contribution in [0.3, 0.4) is 0 Å². The molecule has 0 spiro atoms. The summed E-state index contributed by atoms with van der Waals surface area (Å²) in [4.78, 5) is 0. The highest BCUT2D eigenvalue weighted by atomic mass is 16.7. The van der Waals surface area contributed by atoms with E-state index in [1.54, 1.807) is 0 Å². The normalized spacial score (nSPS) is 11.9. The van der Waals surface area contributed by atoms with Crippen molar-refractivity contribution >= 4 is 5.82 Å². The summed E-state index contributed by atoms with van der Waals surface area (Å²) in [5, 5.41) is 28.7. The maximum atomic E-state index is 8.46. The smallest absolute Gasteiger partial charge is 0.382 e. The summed E-state index contributed by atoms with van der Waals surface area (Å²) in [6.07, 6.45) is -1.83. The van der Waals surface area contributed by atoms with Gasteiger partial charge in [0.05, 0.1) is 0 Å². The molecule has 0 aliphatic rings. The van der Waals surface area contributed by atoms with Gasteiger partial charge in [0, 0.05) is 12.3 Å². The van der Waals surface area contributed by atoms with Crippen molar-refractivity contribution in [3.05, 3.63) is 12.3 Å². The quantitative estimate of drug-likeness (QED) is 0.342. The van der Waals surface area contributed by atoms with Gasteiger partial charge >= 0.3 is 6.10 Å². The molecule has 0 aliphatic heterocycles. The molecule has 1 aromatic rings.